The van der Waals surface area contributed by atoms with Crippen LogP contribution >= 0.6 is 0 Å². The van der Waals surface area contributed by atoms with Gasteiger partial charge in [-0.05, 0) is 19.8 Å². The third-order valence-corrected chi connectivity index (χ3v) is 5.39. The molecule has 2 aliphatic rings. The number of carbonyl (C=O) groups is 1. The van der Waals surface area contributed by atoms with Crippen LogP contribution in [0.25, 0.3) is 0 Å². The Morgan fingerprint density at radius 3 is 2.56 bits per heavy atom. The summed E-state index contributed by atoms with van der Waals surface area (Å²) < 4.78 is 30.6. The summed E-state index contributed by atoms with van der Waals surface area (Å²) in [5.41, 5.74) is 5.24. The van der Waals surface area contributed by atoms with E-state index in [0.29, 0.717) is 19.4 Å². The van der Waals surface area contributed by atoms with Gasteiger partial charge >= 0.3 is 0 Å². The van der Waals surface area contributed by atoms with Crippen LogP contribution in [0.1, 0.15) is 19.8 Å². The average Bonchev–Trinajstić information content (AvgIpc) is 2.99. The maximum absolute atomic E-state index is 12.1. The summed E-state index contributed by atoms with van der Waals surface area (Å²) in [7, 11) is -3.36. The summed E-state index contributed by atoms with van der Waals surface area (Å²) >= 11 is 0. The summed E-state index contributed by atoms with van der Waals surface area (Å²) in [6, 6.07) is -0.862. The van der Waals surface area contributed by atoms with Gasteiger partial charge in [0.15, 0.2) is 0 Å². The Bertz CT molecular complexity index is 390. The van der Waals surface area contributed by atoms with E-state index in [2.05, 4.69) is 0 Å². The van der Waals surface area contributed by atoms with E-state index < -0.39 is 28.1 Å². The maximum atomic E-state index is 12.1. The molecule has 16 heavy (non-hydrogen) atoms. The number of hydrogen-bond acceptors (Lipinski definition) is 4. The molecular weight excluding hydrogens is 232 g/mol. The third kappa shape index (κ3) is 1.94. The molecule has 0 aromatic rings. The Balaban J connectivity index is 2.26. The van der Waals surface area contributed by atoms with E-state index >= 15 is 0 Å². The van der Waals surface area contributed by atoms with E-state index in [9.17, 15) is 13.2 Å². The predicted octanol–water partition coefficient (Wildman–Crippen LogP) is -0.947. The molecule has 0 bridgehead atoms. The molecule has 0 aromatic carbocycles. The van der Waals surface area contributed by atoms with Crippen molar-refractivity contribution in [3.8, 4) is 0 Å². The number of hydrogen-bond donors (Lipinski definition) is 1. The average molecular weight is 248 g/mol. The molecule has 0 aromatic heterocycles. The van der Waals surface area contributed by atoms with Crippen LogP contribution in [0.15, 0.2) is 0 Å². The number of carbonyl (C=O) groups excluding carboxylic acids is 1. The number of rotatable bonds is 3. The first-order valence-corrected chi connectivity index (χ1v) is 6.86. The molecule has 1 amide bonds. The molecule has 0 unspecified atom stereocenters. The van der Waals surface area contributed by atoms with E-state index in [1.807, 2.05) is 0 Å². The highest BCUT2D eigenvalue weighted by Gasteiger charge is 2.47. The first-order valence-electron chi connectivity index (χ1n) is 5.36. The number of amides is 1. The zero-order valence-corrected chi connectivity index (χ0v) is 9.94. The molecule has 1 saturated carbocycles. The number of ether oxygens (including phenoxy) is 1. The lowest BCUT2D eigenvalue weighted by atomic mass is 10.1. The van der Waals surface area contributed by atoms with Crippen molar-refractivity contribution < 1.29 is 17.9 Å². The minimum atomic E-state index is -3.36. The van der Waals surface area contributed by atoms with Gasteiger partial charge in [-0.25, -0.2) is 8.42 Å². The second-order valence-corrected chi connectivity index (χ2v) is 6.44. The van der Waals surface area contributed by atoms with Crippen LogP contribution in [0, 0.1) is 0 Å². The zero-order valence-electron chi connectivity index (χ0n) is 9.13. The molecule has 1 heterocycles. The Morgan fingerprint density at radius 2 is 2.06 bits per heavy atom. The molecule has 6 nitrogen and oxygen atoms in total. The van der Waals surface area contributed by atoms with Gasteiger partial charge in [-0.2, -0.15) is 4.31 Å². The molecule has 1 aliphatic heterocycles. The van der Waals surface area contributed by atoms with Gasteiger partial charge in [-0.1, -0.05) is 0 Å². The minimum Gasteiger partial charge on any atom is -0.375 e. The minimum absolute atomic E-state index is 0.219. The van der Waals surface area contributed by atoms with E-state index in [1.54, 1.807) is 6.92 Å². The summed E-state index contributed by atoms with van der Waals surface area (Å²) in [6.45, 7) is 2.21. The molecule has 0 radical (unpaired) electrons. The fourth-order valence-electron chi connectivity index (χ4n) is 2.01. The van der Waals surface area contributed by atoms with Crippen molar-refractivity contribution in [2.75, 3.05) is 13.2 Å². The zero-order chi connectivity index (χ0) is 11.9. The lowest BCUT2D eigenvalue weighted by molar-refractivity contribution is -0.130. The van der Waals surface area contributed by atoms with E-state index in [-0.39, 0.29) is 11.8 Å². The number of morpholine rings is 1. The van der Waals surface area contributed by atoms with E-state index in [0.717, 1.165) is 0 Å². The molecular formula is C9H16N2O4S. The van der Waals surface area contributed by atoms with Crippen LogP contribution in [0.3, 0.4) is 0 Å². The Kier molecular flexibility index (Phi) is 2.93. The second kappa shape index (κ2) is 3.97. The predicted molar refractivity (Wildman–Crippen MR) is 57.0 cm³/mol. The molecule has 2 N–H and O–H groups in total. The van der Waals surface area contributed by atoms with Crippen LogP contribution < -0.4 is 5.73 Å². The molecule has 2 fully saturated rings. The van der Waals surface area contributed by atoms with Crippen molar-refractivity contribution in [1.82, 2.24) is 4.31 Å². The van der Waals surface area contributed by atoms with E-state index in [1.165, 1.54) is 4.31 Å². The van der Waals surface area contributed by atoms with Crippen LogP contribution in [0.4, 0.5) is 0 Å². The topological polar surface area (TPSA) is 89.7 Å². The fraction of sp³-hybridized carbons (Fsp3) is 0.889. The van der Waals surface area contributed by atoms with Gasteiger partial charge in [0.25, 0.3) is 0 Å². The van der Waals surface area contributed by atoms with Gasteiger partial charge in [0.05, 0.1) is 18.0 Å². The largest absolute Gasteiger partial charge is 0.375 e. The Morgan fingerprint density at radius 1 is 1.44 bits per heavy atom. The highest BCUT2D eigenvalue weighted by molar-refractivity contribution is 7.90. The van der Waals surface area contributed by atoms with Gasteiger partial charge in [0, 0.05) is 6.54 Å². The van der Waals surface area contributed by atoms with Gasteiger partial charge < -0.3 is 10.5 Å². The summed E-state index contributed by atoms with van der Waals surface area (Å²) in [5.74, 6) is -0.642. The van der Waals surface area contributed by atoms with Crippen molar-refractivity contribution in [3.05, 3.63) is 0 Å². The second-order valence-electron chi connectivity index (χ2n) is 4.28. The van der Waals surface area contributed by atoms with Gasteiger partial charge in [-0.3, -0.25) is 4.79 Å². The van der Waals surface area contributed by atoms with E-state index in [4.69, 9.17) is 10.5 Å². The van der Waals surface area contributed by atoms with Crippen molar-refractivity contribution >= 4 is 15.9 Å². The standard InChI is InChI=1S/C9H16N2O4S/c1-6-8(9(10)12)11(4-5-15-6)16(13,14)7-2-3-7/h6-8H,2-5H2,1H3,(H2,10,12)/t6-,8+/m1/s1. The number of nitrogens with two attached hydrogens (primary N) is 1. The van der Waals surface area contributed by atoms with Crippen molar-refractivity contribution in [1.29, 1.82) is 0 Å². The van der Waals surface area contributed by atoms with Crippen molar-refractivity contribution in [2.45, 2.75) is 37.2 Å². The maximum Gasteiger partial charge on any atom is 0.238 e. The fourth-order valence-corrected chi connectivity index (χ4v) is 4.04. The molecule has 7 heteroatoms. The molecule has 92 valence electrons. The number of nitrogens with zero attached hydrogens (tertiary/aromatic N) is 1. The quantitative estimate of drug-likeness (QED) is 0.697. The van der Waals surface area contributed by atoms with Gasteiger partial charge in [0.1, 0.15) is 6.04 Å². The normalized spacial score (nSPS) is 32.6. The van der Waals surface area contributed by atoms with Crippen LogP contribution in [0.5, 0.6) is 0 Å². The van der Waals surface area contributed by atoms with Gasteiger partial charge in [0.2, 0.25) is 15.9 Å². The van der Waals surface area contributed by atoms with Crippen molar-refractivity contribution in [2.24, 2.45) is 5.73 Å². The van der Waals surface area contributed by atoms with Crippen LogP contribution in [-0.2, 0) is 19.6 Å². The van der Waals surface area contributed by atoms with Gasteiger partial charge in [-0.15, -0.1) is 0 Å². The van der Waals surface area contributed by atoms with Crippen LogP contribution in [-0.4, -0.2) is 49.2 Å². The molecule has 0 spiro atoms. The number of primary amides is 1. The summed E-state index contributed by atoms with van der Waals surface area (Å²) in [5, 5.41) is -0.320. The summed E-state index contributed by atoms with van der Waals surface area (Å²) in [6.07, 6.45) is 0.888. The van der Waals surface area contributed by atoms with Crippen LogP contribution in [0.2, 0.25) is 0 Å². The lowest BCUT2D eigenvalue weighted by Gasteiger charge is -2.36. The SMILES string of the molecule is C[C@H]1OCCN(S(=O)(=O)C2CC2)[C@@H]1C(N)=O. The van der Waals surface area contributed by atoms with Crippen molar-refractivity contribution in [3.63, 3.8) is 0 Å². The molecule has 2 rings (SSSR count). The molecule has 1 saturated heterocycles. The number of sulfonamides is 1. The lowest BCUT2D eigenvalue weighted by Crippen LogP contribution is -2.58. The highest BCUT2D eigenvalue weighted by Crippen LogP contribution is 2.33. The first-order chi connectivity index (χ1) is 7.44. The third-order valence-electron chi connectivity index (χ3n) is 3.01. The highest BCUT2D eigenvalue weighted by atomic mass is 32.2. The Labute approximate surface area is 94.8 Å². The first kappa shape index (κ1) is 11.8. The molecule has 2 atom stereocenters. The Hall–Kier alpha value is -0.660. The summed E-state index contributed by atoms with van der Waals surface area (Å²) in [4.78, 5) is 11.3. The monoisotopic (exact) mass is 248 g/mol. The molecule has 1 aliphatic carbocycles. The smallest absolute Gasteiger partial charge is 0.238 e.